The average Bonchev–Trinajstić information content (AvgIpc) is 2.35. The molecule has 1 atom stereocenters. The van der Waals surface area contributed by atoms with Crippen LogP contribution in [0.1, 0.15) is 23.7 Å². The Kier molecular flexibility index (Phi) is 4.97. The molecule has 0 spiro atoms. The minimum absolute atomic E-state index is 0.0263. The second-order valence-electron chi connectivity index (χ2n) is 4.00. The Morgan fingerprint density at radius 2 is 2.12 bits per heavy atom. The van der Waals surface area contributed by atoms with Gasteiger partial charge >= 0.3 is 0 Å². The predicted molar refractivity (Wildman–Crippen MR) is 67.4 cm³/mol. The zero-order valence-electron chi connectivity index (χ0n) is 10.5. The summed E-state index contributed by atoms with van der Waals surface area (Å²) in [6.07, 6.45) is 0.686. The molecule has 1 aromatic rings. The van der Waals surface area contributed by atoms with Crippen LogP contribution in [0.5, 0.6) is 5.75 Å². The molecule has 4 nitrogen and oxygen atoms in total. The first-order valence-corrected chi connectivity index (χ1v) is 5.56. The Balaban J connectivity index is 2.87. The smallest absolute Gasteiger partial charge is 0.167 e. The predicted octanol–water partition coefficient (Wildman–Crippen LogP) is 2.13. The zero-order valence-corrected chi connectivity index (χ0v) is 10.5. The molecule has 17 heavy (non-hydrogen) atoms. The number of hydrogen-bond acceptors (Lipinski definition) is 4. The fraction of sp³-hybridized carbons (Fsp3) is 0.462. The maximum absolute atomic E-state index is 12.1. The summed E-state index contributed by atoms with van der Waals surface area (Å²) < 4.78 is 10.1. The molecule has 0 amide bonds. The van der Waals surface area contributed by atoms with Crippen LogP contribution in [0.25, 0.3) is 0 Å². The maximum Gasteiger partial charge on any atom is 0.167 e. The molecule has 1 aromatic carbocycles. The molecular formula is C13H19NO3. The average molecular weight is 237 g/mol. The second-order valence-corrected chi connectivity index (χ2v) is 4.00. The molecule has 1 rings (SSSR count). The van der Waals surface area contributed by atoms with Gasteiger partial charge in [0.15, 0.2) is 5.78 Å². The Labute approximate surface area is 102 Å². The number of methoxy groups -OCH3 is 2. The summed E-state index contributed by atoms with van der Waals surface area (Å²) >= 11 is 0. The fourth-order valence-electron chi connectivity index (χ4n) is 1.57. The van der Waals surface area contributed by atoms with Gasteiger partial charge in [-0.3, -0.25) is 4.79 Å². The Hall–Kier alpha value is -1.55. The summed E-state index contributed by atoms with van der Waals surface area (Å²) in [5, 5.41) is 0. The van der Waals surface area contributed by atoms with Crippen molar-refractivity contribution in [3.8, 4) is 5.75 Å². The lowest BCUT2D eigenvalue weighted by Crippen LogP contribution is -2.15. The van der Waals surface area contributed by atoms with E-state index >= 15 is 0 Å². The van der Waals surface area contributed by atoms with E-state index in [1.807, 2.05) is 6.92 Å². The molecule has 2 N–H and O–H groups in total. The molecule has 0 radical (unpaired) electrons. The third kappa shape index (κ3) is 3.46. The standard InChI is InChI=1S/C13H19NO3/c1-9(6-7-16-2)13(15)11-8-10(17-3)4-5-12(11)14/h4-5,8-9H,6-7,14H2,1-3H3. The van der Waals surface area contributed by atoms with Crippen LogP contribution < -0.4 is 10.5 Å². The first kappa shape index (κ1) is 13.5. The summed E-state index contributed by atoms with van der Waals surface area (Å²) in [6.45, 7) is 2.44. The number of nitrogens with two attached hydrogens (primary N) is 1. The quantitative estimate of drug-likeness (QED) is 0.608. The second kappa shape index (κ2) is 6.25. The van der Waals surface area contributed by atoms with Crippen LogP contribution in [0, 0.1) is 5.92 Å². The van der Waals surface area contributed by atoms with E-state index in [1.54, 1.807) is 32.4 Å². The van der Waals surface area contributed by atoms with Crippen molar-refractivity contribution in [2.75, 3.05) is 26.6 Å². The van der Waals surface area contributed by atoms with E-state index < -0.39 is 0 Å². The lowest BCUT2D eigenvalue weighted by atomic mass is 9.95. The molecule has 0 aromatic heterocycles. The van der Waals surface area contributed by atoms with Crippen molar-refractivity contribution in [2.24, 2.45) is 5.92 Å². The zero-order chi connectivity index (χ0) is 12.8. The van der Waals surface area contributed by atoms with Gasteiger partial charge in [-0.2, -0.15) is 0 Å². The van der Waals surface area contributed by atoms with Gasteiger partial charge in [0, 0.05) is 30.9 Å². The molecule has 94 valence electrons. The van der Waals surface area contributed by atoms with Crippen molar-refractivity contribution in [2.45, 2.75) is 13.3 Å². The van der Waals surface area contributed by atoms with E-state index in [0.29, 0.717) is 30.0 Å². The number of carbonyl (C=O) groups is 1. The van der Waals surface area contributed by atoms with Gasteiger partial charge in [0.2, 0.25) is 0 Å². The van der Waals surface area contributed by atoms with Gasteiger partial charge in [-0.1, -0.05) is 6.92 Å². The summed E-state index contributed by atoms with van der Waals surface area (Å²) in [4.78, 5) is 12.1. The van der Waals surface area contributed by atoms with E-state index in [4.69, 9.17) is 15.2 Å². The number of benzene rings is 1. The van der Waals surface area contributed by atoms with Gasteiger partial charge in [0.1, 0.15) is 5.75 Å². The SMILES string of the molecule is COCCC(C)C(=O)c1cc(OC)ccc1N. The van der Waals surface area contributed by atoms with Crippen molar-refractivity contribution in [1.82, 2.24) is 0 Å². The number of hydrogen-bond donors (Lipinski definition) is 1. The van der Waals surface area contributed by atoms with Crippen LogP contribution in [0.15, 0.2) is 18.2 Å². The van der Waals surface area contributed by atoms with E-state index in [2.05, 4.69) is 0 Å². The lowest BCUT2D eigenvalue weighted by molar-refractivity contribution is 0.0894. The largest absolute Gasteiger partial charge is 0.497 e. The van der Waals surface area contributed by atoms with Crippen LogP contribution >= 0.6 is 0 Å². The molecule has 0 saturated carbocycles. The molecule has 0 heterocycles. The molecule has 0 fully saturated rings. The highest BCUT2D eigenvalue weighted by Gasteiger charge is 2.18. The number of carbonyl (C=O) groups excluding carboxylic acids is 1. The summed E-state index contributed by atoms with van der Waals surface area (Å²) in [6, 6.07) is 5.11. The minimum atomic E-state index is -0.107. The minimum Gasteiger partial charge on any atom is -0.497 e. The van der Waals surface area contributed by atoms with Crippen LogP contribution in [0.3, 0.4) is 0 Å². The number of Topliss-reactive ketones (excluding diaryl/α,β-unsaturated/α-hetero) is 1. The maximum atomic E-state index is 12.1. The molecule has 0 bridgehead atoms. The molecule has 0 aliphatic carbocycles. The van der Waals surface area contributed by atoms with Crippen LogP contribution in [-0.2, 0) is 4.74 Å². The van der Waals surface area contributed by atoms with Crippen molar-refractivity contribution in [3.63, 3.8) is 0 Å². The monoisotopic (exact) mass is 237 g/mol. The third-order valence-corrected chi connectivity index (χ3v) is 2.73. The van der Waals surface area contributed by atoms with Gasteiger partial charge in [0.25, 0.3) is 0 Å². The first-order valence-electron chi connectivity index (χ1n) is 5.56. The first-order chi connectivity index (χ1) is 8.10. The molecular weight excluding hydrogens is 218 g/mol. The highest BCUT2D eigenvalue weighted by Crippen LogP contribution is 2.23. The van der Waals surface area contributed by atoms with E-state index in [0.717, 1.165) is 0 Å². The summed E-state index contributed by atoms with van der Waals surface area (Å²) in [5.41, 5.74) is 6.81. The van der Waals surface area contributed by atoms with Gasteiger partial charge in [-0.15, -0.1) is 0 Å². The fourth-order valence-corrected chi connectivity index (χ4v) is 1.57. The van der Waals surface area contributed by atoms with Crippen LogP contribution in [0.2, 0.25) is 0 Å². The van der Waals surface area contributed by atoms with E-state index in [9.17, 15) is 4.79 Å². The van der Waals surface area contributed by atoms with Crippen LogP contribution in [0.4, 0.5) is 5.69 Å². The van der Waals surface area contributed by atoms with Crippen molar-refractivity contribution in [3.05, 3.63) is 23.8 Å². The summed E-state index contributed by atoms with van der Waals surface area (Å²) in [5.74, 6) is 0.560. The number of nitrogen functional groups attached to an aromatic ring is 1. The molecule has 4 heteroatoms. The molecule has 0 aliphatic rings. The number of ether oxygens (including phenoxy) is 2. The van der Waals surface area contributed by atoms with Gasteiger partial charge in [0.05, 0.1) is 7.11 Å². The van der Waals surface area contributed by atoms with Crippen molar-refractivity contribution >= 4 is 11.5 Å². The lowest BCUT2D eigenvalue weighted by Gasteiger charge is -2.12. The van der Waals surface area contributed by atoms with E-state index in [1.165, 1.54) is 0 Å². The number of rotatable bonds is 6. The van der Waals surface area contributed by atoms with Gasteiger partial charge in [-0.25, -0.2) is 0 Å². The van der Waals surface area contributed by atoms with Crippen molar-refractivity contribution in [1.29, 1.82) is 0 Å². The van der Waals surface area contributed by atoms with E-state index in [-0.39, 0.29) is 11.7 Å². The molecule has 0 saturated heterocycles. The third-order valence-electron chi connectivity index (χ3n) is 2.73. The summed E-state index contributed by atoms with van der Waals surface area (Å²) in [7, 11) is 3.19. The number of anilines is 1. The molecule has 1 unspecified atom stereocenters. The molecule has 0 aliphatic heterocycles. The highest BCUT2D eigenvalue weighted by molar-refractivity contribution is 6.02. The van der Waals surface area contributed by atoms with Crippen LogP contribution in [-0.4, -0.2) is 26.6 Å². The topological polar surface area (TPSA) is 61.5 Å². The van der Waals surface area contributed by atoms with Gasteiger partial charge in [-0.05, 0) is 24.6 Å². The Morgan fingerprint density at radius 3 is 2.71 bits per heavy atom. The van der Waals surface area contributed by atoms with Gasteiger partial charge < -0.3 is 15.2 Å². The van der Waals surface area contributed by atoms with Crippen molar-refractivity contribution < 1.29 is 14.3 Å². The Morgan fingerprint density at radius 1 is 1.41 bits per heavy atom. The highest BCUT2D eigenvalue weighted by atomic mass is 16.5. The number of ketones is 1. The Bertz CT molecular complexity index is 390. The normalized spacial score (nSPS) is 12.2.